The maximum atomic E-state index is 12.4. The Balaban J connectivity index is 1.54. The number of hydrogen-bond acceptors (Lipinski definition) is 4. The van der Waals surface area contributed by atoms with E-state index in [4.69, 9.17) is 9.47 Å². The van der Waals surface area contributed by atoms with E-state index in [1.165, 1.54) is 0 Å². The van der Waals surface area contributed by atoms with Crippen LogP contribution in [0, 0.1) is 0 Å². The van der Waals surface area contributed by atoms with Crippen molar-refractivity contribution < 1.29 is 19.1 Å². The lowest BCUT2D eigenvalue weighted by molar-refractivity contribution is -0.149. The number of para-hydroxylation sites is 1. The van der Waals surface area contributed by atoms with E-state index in [1.807, 2.05) is 67.6 Å². The second-order valence-corrected chi connectivity index (χ2v) is 6.47. The van der Waals surface area contributed by atoms with Crippen LogP contribution in [-0.4, -0.2) is 18.5 Å². The third kappa shape index (κ3) is 5.94. The lowest BCUT2D eigenvalue weighted by Crippen LogP contribution is -2.23. The highest BCUT2D eigenvalue weighted by Crippen LogP contribution is 2.24. The molecule has 1 N–H and O–H groups in total. The lowest BCUT2D eigenvalue weighted by atomic mass is 9.97. The molecule has 0 aromatic heterocycles. The summed E-state index contributed by atoms with van der Waals surface area (Å²) in [4.78, 5) is 24.6. The molecule has 0 saturated heterocycles. The first-order chi connectivity index (χ1) is 14.2. The highest BCUT2D eigenvalue weighted by atomic mass is 16.5. The highest BCUT2D eigenvalue weighted by Gasteiger charge is 2.21. The van der Waals surface area contributed by atoms with Crippen LogP contribution in [0.5, 0.6) is 11.5 Å². The average Bonchev–Trinajstić information content (AvgIpc) is 2.74. The molecule has 0 aliphatic carbocycles. The number of hydrogen-bond donors (Lipinski definition) is 1. The van der Waals surface area contributed by atoms with Crippen LogP contribution in [-0.2, 0) is 14.3 Å². The van der Waals surface area contributed by atoms with E-state index < -0.39 is 11.9 Å². The molecule has 1 amide bonds. The Kier molecular flexibility index (Phi) is 7.00. The van der Waals surface area contributed by atoms with E-state index in [2.05, 4.69) is 5.32 Å². The van der Waals surface area contributed by atoms with Crippen molar-refractivity contribution >= 4 is 17.6 Å². The van der Waals surface area contributed by atoms with E-state index in [0.29, 0.717) is 23.6 Å². The SMILES string of the molecule is CCC(C(=O)OCC(=O)Nc1cccc(Oc2ccccc2)c1)c1ccccc1. The molecule has 0 fully saturated rings. The molecule has 0 aliphatic heterocycles. The van der Waals surface area contributed by atoms with Gasteiger partial charge >= 0.3 is 5.97 Å². The Morgan fingerprint density at radius 3 is 2.21 bits per heavy atom. The van der Waals surface area contributed by atoms with Crippen LogP contribution in [0.1, 0.15) is 24.8 Å². The smallest absolute Gasteiger partial charge is 0.313 e. The number of nitrogens with one attached hydrogen (secondary N) is 1. The first-order valence-corrected chi connectivity index (χ1v) is 9.50. The monoisotopic (exact) mass is 389 g/mol. The summed E-state index contributed by atoms with van der Waals surface area (Å²) in [5, 5.41) is 2.72. The Bertz CT molecular complexity index is 941. The zero-order valence-corrected chi connectivity index (χ0v) is 16.2. The van der Waals surface area contributed by atoms with Crippen LogP contribution in [0.15, 0.2) is 84.9 Å². The zero-order chi connectivity index (χ0) is 20.5. The van der Waals surface area contributed by atoms with Gasteiger partial charge in [0.15, 0.2) is 6.61 Å². The van der Waals surface area contributed by atoms with Gasteiger partial charge in [0, 0.05) is 11.8 Å². The van der Waals surface area contributed by atoms with E-state index >= 15 is 0 Å². The summed E-state index contributed by atoms with van der Waals surface area (Å²) in [6.45, 7) is 1.57. The number of carbonyl (C=O) groups is 2. The van der Waals surface area contributed by atoms with Gasteiger partial charge in [0.25, 0.3) is 5.91 Å². The number of carbonyl (C=O) groups excluding carboxylic acids is 2. The van der Waals surface area contributed by atoms with Crippen LogP contribution in [0.25, 0.3) is 0 Å². The standard InChI is InChI=1S/C24H23NO4/c1-2-22(18-10-5-3-6-11-18)24(27)28-17-23(26)25-19-12-9-15-21(16-19)29-20-13-7-4-8-14-20/h3-16,22H,2,17H2,1H3,(H,25,26). The number of anilines is 1. The minimum atomic E-state index is -0.407. The molecule has 5 heteroatoms. The molecule has 0 aliphatic rings. The van der Waals surface area contributed by atoms with Crippen molar-refractivity contribution in [2.45, 2.75) is 19.3 Å². The molecule has 5 nitrogen and oxygen atoms in total. The lowest BCUT2D eigenvalue weighted by Gasteiger charge is -2.14. The third-order valence-electron chi connectivity index (χ3n) is 4.34. The maximum Gasteiger partial charge on any atom is 0.313 e. The molecular weight excluding hydrogens is 366 g/mol. The van der Waals surface area contributed by atoms with Gasteiger partial charge in [-0.3, -0.25) is 9.59 Å². The number of amides is 1. The van der Waals surface area contributed by atoms with Crippen molar-refractivity contribution in [1.82, 2.24) is 0 Å². The first kappa shape index (κ1) is 20.1. The fourth-order valence-corrected chi connectivity index (χ4v) is 2.92. The third-order valence-corrected chi connectivity index (χ3v) is 4.34. The molecular formula is C24H23NO4. The van der Waals surface area contributed by atoms with E-state index in [0.717, 1.165) is 5.56 Å². The zero-order valence-electron chi connectivity index (χ0n) is 16.2. The number of ether oxygens (including phenoxy) is 2. The summed E-state index contributed by atoms with van der Waals surface area (Å²) >= 11 is 0. The first-order valence-electron chi connectivity index (χ1n) is 9.50. The number of esters is 1. The summed E-state index contributed by atoms with van der Waals surface area (Å²) in [7, 11) is 0. The van der Waals surface area contributed by atoms with Crippen molar-refractivity contribution in [1.29, 1.82) is 0 Å². The Labute approximate surface area is 170 Å². The van der Waals surface area contributed by atoms with Crippen LogP contribution in [0.2, 0.25) is 0 Å². The van der Waals surface area contributed by atoms with Gasteiger partial charge in [-0.25, -0.2) is 0 Å². The van der Waals surface area contributed by atoms with Gasteiger partial charge in [0.05, 0.1) is 5.92 Å². The normalized spacial score (nSPS) is 11.3. The van der Waals surface area contributed by atoms with E-state index in [1.54, 1.807) is 24.3 Å². The Hall–Kier alpha value is -3.60. The Morgan fingerprint density at radius 1 is 0.862 bits per heavy atom. The van der Waals surface area contributed by atoms with E-state index in [9.17, 15) is 9.59 Å². The second kappa shape index (κ2) is 10.1. The molecule has 1 unspecified atom stereocenters. The fraction of sp³-hybridized carbons (Fsp3) is 0.167. The number of rotatable bonds is 8. The molecule has 148 valence electrons. The predicted octanol–water partition coefficient (Wildman–Crippen LogP) is 5.15. The van der Waals surface area contributed by atoms with Gasteiger partial charge < -0.3 is 14.8 Å². The molecule has 29 heavy (non-hydrogen) atoms. The predicted molar refractivity (Wildman–Crippen MR) is 112 cm³/mol. The fourth-order valence-electron chi connectivity index (χ4n) is 2.92. The molecule has 0 saturated carbocycles. The van der Waals surface area contributed by atoms with Gasteiger partial charge in [0.2, 0.25) is 0 Å². The van der Waals surface area contributed by atoms with Crippen LogP contribution >= 0.6 is 0 Å². The summed E-state index contributed by atoms with van der Waals surface area (Å²) in [5.41, 5.74) is 1.45. The summed E-state index contributed by atoms with van der Waals surface area (Å²) in [5.74, 6) is 0.109. The summed E-state index contributed by atoms with van der Waals surface area (Å²) < 4.78 is 11.0. The topological polar surface area (TPSA) is 64.6 Å². The van der Waals surface area contributed by atoms with Crippen LogP contribution in [0.4, 0.5) is 5.69 Å². The minimum Gasteiger partial charge on any atom is -0.457 e. The van der Waals surface area contributed by atoms with Gasteiger partial charge in [-0.2, -0.15) is 0 Å². The van der Waals surface area contributed by atoms with Gasteiger partial charge in [-0.15, -0.1) is 0 Å². The van der Waals surface area contributed by atoms with Crippen molar-refractivity contribution in [2.75, 3.05) is 11.9 Å². The minimum absolute atomic E-state index is 0.341. The molecule has 0 bridgehead atoms. The van der Waals surface area contributed by atoms with Crippen molar-refractivity contribution in [3.63, 3.8) is 0 Å². The quantitative estimate of drug-likeness (QED) is 0.541. The van der Waals surface area contributed by atoms with Crippen LogP contribution < -0.4 is 10.1 Å². The molecule has 0 heterocycles. The Morgan fingerprint density at radius 2 is 1.52 bits per heavy atom. The molecule has 0 radical (unpaired) electrons. The maximum absolute atomic E-state index is 12.4. The summed E-state index contributed by atoms with van der Waals surface area (Å²) in [6, 6.07) is 25.8. The van der Waals surface area contributed by atoms with Gasteiger partial charge in [-0.1, -0.05) is 61.5 Å². The van der Waals surface area contributed by atoms with Gasteiger partial charge in [-0.05, 0) is 36.2 Å². The van der Waals surface area contributed by atoms with E-state index in [-0.39, 0.29) is 12.5 Å². The number of benzene rings is 3. The molecule has 0 spiro atoms. The molecule has 1 atom stereocenters. The van der Waals surface area contributed by atoms with Crippen molar-refractivity contribution in [2.24, 2.45) is 0 Å². The van der Waals surface area contributed by atoms with Gasteiger partial charge in [0.1, 0.15) is 11.5 Å². The summed E-state index contributed by atoms with van der Waals surface area (Å²) in [6.07, 6.45) is 0.601. The average molecular weight is 389 g/mol. The molecule has 3 rings (SSSR count). The van der Waals surface area contributed by atoms with Crippen molar-refractivity contribution in [3.8, 4) is 11.5 Å². The highest BCUT2D eigenvalue weighted by molar-refractivity contribution is 5.93. The van der Waals surface area contributed by atoms with Crippen LogP contribution in [0.3, 0.4) is 0 Å². The second-order valence-electron chi connectivity index (χ2n) is 6.47. The molecule has 3 aromatic carbocycles. The molecule has 3 aromatic rings. The largest absolute Gasteiger partial charge is 0.457 e. The van der Waals surface area contributed by atoms with Crippen molar-refractivity contribution in [3.05, 3.63) is 90.5 Å².